The van der Waals surface area contributed by atoms with Crippen molar-refractivity contribution in [1.29, 1.82) is 0 Å². The lowest BCUT2D eigenvalue weighted by molar-refractivity contribution is -0.120. The Bertz CT molecular complexity index is 451. The summed E-state index contributed by atoms with van der Waals surface area (Å²) in [6, 6.07) is 0. The lowest BCUT2D eigenvalue weighted by atomic mass is 9.89. The van der Waals surface area contributed by atoms with E-state index in [-0.39, 0.29) is 11.8 Å². The van der Waals surface area contributed by atoms with Crippen LogP contribution in [0.15, 0.2) is 6.20 Å². The van der Waals surface area contributed by atoms with Gasteiger partial charge < -0.3 is 15.0 Å². The smallest absolute Gasteiger partial charge is 0.229 e. The first kappa shape index (κ1) is 13.8. The van der Waals surface area contributed by atoms with Gasteiger partial charge in [0.15, 0.2) is 5.13 Å². The molecule has 1 aromatic heterocycles. The second-order valence-corrected chi connectivity index (χ2v) is 6.44. The van der Waals surface area contributed by atoms with Gasteiger partial charge in [0.05, 0.1) is 19.4 Å². The fourth-order valence-corrected chi connectivity index (χ4v) is 3.70. The normalized spacial score (nSPS) is 20.9. The second kappa shape index (κ2) is 6.54. The van der Waals surface area contributed by atoms with E-state index in [9.17, 15) is 4.79 Å². The van der Waals surface area contributed by atoms with Crippen molar-refractivity contribution in [3.8, 4) is 0 Å². The number of amides is 1. The molecule has 5 nitrogen and oxygen atoms in total. The van der Waals surface area contributed by atoms with Gasteiger partial charge in [-0.2, -0.15) is 0 Å². The minimum Gasteiger partial charge on any atom is -0.378 e. The van der Waals surface area contributed by atoms with Crippen LogP contribution in [0.2, 0.25) is 0 Å². The molecule has 0 atom stereocenters. The number of ether oxygens (including phenoxy) is 1. The van der Waals surface area contributed by atoms with Crippen LogP contribution in [0.5, 0.6) is 0 Å². The molecular formula is C14H21N3O2S. The van der Waals surface area contributed by atoms with E-state index in [4.69, 9.17) is 4.74 Å². The molecule has 1 aromatic rings. The Labute approximate surface area is 123 Å². The molecule has 1 aliphatic heterocycles. The number of carbonyl (C=O) groups is 1. The van der Waals surface area contributed by atoms with Crippen LogP contribution in [-0.4, -0.2) is 37.2 Å². The van der Waals surface area contributed by atoms with Gasteiger partial charge >= 0.3 is 0 Å². The highest BCUT2D eigenvalue weighted by Crippen LogP contribution is 2.29. The molecule has 1 saturated carbocycles. The highest BCUT2D eigenvalue weighted by Gasteiger charge is 2.22. The maximum atomic E-state index is 12.2. The van der Waals surface area contributed by atoms with Gasteiger partial charge in [0.1, 0.15) is 5.00 Å². The Morgan fingerprint density at radius 2 is 2.05 bits per heavy atom. The lowest BCUT2D eigenvalue weighted by Gasteiger charge is -2.26. The number of anilines is 2. The number of aromatic nitrogens is 1. The van der Waals surface area contributed by atoms with Gasteiger partial charge in [-0.05, 0) is 12.8 Å². The van der Waals surface area contributed by atoms with Crippen molar-refractivity contribution >= 4 is 27.4 Å². The van der Waals surface area contributed by atoms with E-state index >= 15 is 0 Å². The van der Waals surface area contributed by atoms with Gasteiger partial charge in [0, 0.05) is 19.0 Å². The van der Waals surface area contributed by atoms with Crippen molar-refractivity contribution in [1.82, 2.24) is 4.98 Å². The Balaban J connectivity index is 1.57. The molecule has 2 fully saturated rings. The first-order valence-corrected chi connectivity index (χ1v) is 8.24. The lowest BCUT2D eigenvalue weighted by Crippen LogP contribution is -2.35. The van der Waals surface area contributed by atoms with Crippen LogP contribution < -0.4 is 10.2 Å². The van der Waals surface area contributed by atoms with E-state index in [0.29, 0.717) is 0 Å². The van der Waals surface area contributed by atoms with Crippen molar-refractivity contribution in [3.63, 3.8) is 0 Å². The third-order valence-electron chi connectivity index (χ3n) is 4.02. The van der Waals surface area contributed by atoms with E-state index in [2.05, 4.69) is 15.2 Å². The average molecular weight is 295 g/mol. The van der Waals surface area contributed by atoms with Crippen molar-refractivity contribution in [2.24, 2.45) is 5.92 Å². The Morgan fingerprint density at radius 1 is 1.30 bits per heavy atom. The zero-order valence-electron chi connectivity index (χ0n) is 11.6. The first-order valence-electron chi connectivity index (χ1n) is 7.42. The monoisotopic (exact) mass is 295 g/mol. The van der Waals surface area contributed by atoms with E-state index in [1.807, 2.05) is 6.20 Å². The van der Waals surface area contributed by atoms with Crippen LogP contribution in [0.4, 0.5) is 10.1 Å². The molecule has 0 spiro atoms. The molecular weight excluding hydrogens is 274 g/mol. The molecule has 2 aliphatic rings. The number of nitrogens with zero attached hydrogens (tertiary/aromatic N) is 2. The fraction of sp³-hybridized carbons (Fsp3) is 0.714. The summed E-state index contributed by atoms with van der Waals surface area (Å²) in [4.78, 5) is 18.8. The number of carbonyl (C=O) groups excluding carboxylic acids is 1. The van der Waals surface area contributed by atoms with E-state index in [1.165, 1.54) is 19.3 Å². The summed E-state index contributed by atoms with van der Waals surface area (Å²) in [6.45, 7) is 3.33. The quantitative estimate of drug-likeness (QED) is 0.931. The maximum absolute atomic E-state index is 12.2. The van der Waals surface area contributed by atoms with Gasteiger partial charge in [-0.1, -0.05) is 30.6 Å². The summed E-state index contributed by atoms with van der Waals surface area (Å²) in [5.41, 5.74) is 0. The number of nitrogens with one attached hydrogen (secondary N) is 1. The van der Waals surface area contributed by atoms with Gasteiger partial charge in [-0.25, -0.2) is 4.98 Å². The first-order chi connectivity index (χ1) is 9.83. The minimum atomic E-state index is 0.146. The molecule has 0 radical (unpaired) electrons. The number of thiazole rings is 1. The Morgan fingerprint density at radius 3 is 2.80 bits per heavy atom. The number of rotatable bonds is 3. The summed E-state index contributed by atoms with van der Waals surface area (Å²) in [5.74, 6) is 0.326. The largest absolute Gasteiger partial charge is 0.378 e. The minimum absolute atomic E-state index is 0.146. The third kappa shape index (κ3) is 3.30. The third-order valence-corrected chi connectivity index (χ3v) is 5.00. The second-order valence-electron chi connectivity index (χ2n) is 5.43. The van der Waals surface area contributed by atoms with Gasteiger partial charge in [-0.15, -0.1) is 0 Å². The Hall–Kier alpha value is -1.14. The molecule has 1 N–H and O–H groups in total. The predicted octanol–water partition coefficient (Wildman–Crippen LogP) is 2.50. The van der Waals surface area contributed by atoms with E-state index in [1.54, 1.807) is 11.3 Å². The van der Waals surface area contributed by atoms with Crippen LogP contribution in [0.1, 0.15) is 32.1 Å². The molecule has 6 heteroatoms. The average Bonchev–Trinajstić information content (AvgIpc) is 2.97. The number of morpholine rings is 1. The Kier molecular flexibility index (Phi) is 4.52. The van der Waals surface area contributed by atoms with E-state index < -0.39 is 0 Å². The van der Waals surface area contributed by atoms with Crippen LogP contribution in [0, 0.1) is 5.92 Å². The summed E-state index contributed by atoms with van der Waals surface area (Å²) in [6.07, 6.45) is 7.51. The molecule has 110 valence electrons. The summed E-state index contributed by atoms with van der Waals surface area (Å²) < 4.78 is 5.34. The van der Waals surface area contributed by atoms with Crippen LogP contribution in [0.25, 0.3) is 0 Å². The SMILES string of the molecule is O=C(Nc1ncc(N2CCOCC2)s1)C1CCCCC1. The molecule has 1 amide bonds. The highest BCUT2D eigenvalue weighted by atomic mass is 32.1. The summed E-state index contributed by atoms with van der Waals surface area (Å²) in [5, 5.41) is 4.82. The molecule has 0 bridgehead atoms. The van der Waals surface area contributed by atoms with Gasteiger partial charge in [0.25, 0.3) is 0 Å². The van der Waals surface area contributed by atoms with Crippen LogP contribution in [-0.2, 0) is 9.53 Å². The van der Waals surface area contributed by atoms with Gasteiger partial charge in [0.2, 0.25) is 5.91 Å². The number of hydrogen-bond acceptors (Lipinski definition) is 5. The zero-order valence-corrected chi connectivity index (χ0v) is 12.5. The summed E-state index contributed by atoms with van der Waals surface area (Å²) >= 11 is 1.56. The van der Waals surface area contributed by atoms with Gasteiger partial charge in [-0.3, -0.25) is 4.79 Å². The predicted molar refractivity (Wildman–Crippen MR) is 80.4 cm³/mol. The van der Waals surface area contributed by atoms with E-state index in [0.717, 1.165) is 49.3 Å². The molecule has 20 heavy (non-hydrogen) atoms. The maximum Gasteiger partial charge on any atom is 0.229 e. The molecule has 0 aromatic carbocycles. The molecule has 3 rings (SSSR count). The topological polar surface area (TPSA) is 54.5 Å². The van der Waals surface area contributed by atoms with Crippen molar-refractivity contribution in [2.45, 2.75) is 32.1 Å². The van der Waals surface area contributed by atoms with Crippen LogP contribution >= 0.6 is 11.3 Å². The highest BCUT2D eigenvalue weighted by molar-refractivity contribution is 7.19. The van der Waals surface area contributed by atoms with Crippen LogP contribution in [0.3, 0.4) is 0 Å². The molecule has 1 aliphatic carbocycles. The molecule has 1 saturated heterocycles. The van der Waals surface area contributed by atoms with Crippen molar-refractivity contribution in [2.75, 3.05) is 36.5 Å². The molecule has 0 unspecified atom stereocenters. The molecule has 2 heterocycles. The van der Waals surface area contributed by atoms with Crippen molar-refractivity contribution < 1.29 is 9.53 Å². The fourth-order valence-electron chi connectivity index (χ4n) is 2.83. The number of hydrogen-bond donors (Lipinski definition) is 1. The standard InChI is InChI=1S/C14H21N3O2S/c18-13(11-4-2-1-3-5-11)16-14-15-10-12(20-14)17-6-8-19-9-7-17/h10-11H,1-9H2,(H,15,16,18). The van der Waals surface area contributed by atoms with Crippen molar-refractivity contribution in [3.05, 3.63) is 6.20 Å². The summed E-state index contributed by atoms with van der Waals surface area (Å²) in [7, 11) is 0. The zero-order chi connectivity index (χ0) is 13.8.